The van der Waals surface area contributed by atoms with Crippen LogP contribution in [0.5, 0.6) is 0 Å². The summed E-state index contributed by atoms with van der Waals surface area (Å²) in [6, 6.07) is 6.30. The summed E-state index contributed by atoms with van der Waals surface area (Å²) in [4.78, 5) is 18.5. The number of carbonyl (C=O) groups is 1. The molecule has 342 valence electrons. The Morgan fingerprint density at radius 1 is 1.05 bits per heavy atom. The third-order valence-corrected chi connectivity index (χ3v) is 15.4. The number of nitrogens with two attached hydrogens (primary N) is 1. The Labute approximate surface area is 366 Å². The number of aromatic nitrogens is 3. The second kappa shape index (κ2) is 17.0. The van der Waals surface area contributed by atoms with E-state index in [-0.39, 0.29) is 56.2 Å². The molecule has 3 atom stereocenters. The maximum absolute atomic E-state index is 15.4. The van der Waals surface area contributed by atoms with Crippen LogP contribution in [0.1, 0.15) is 56.1 Å². The Bertz CT molecular complexity index is 2890. The van der Waals surface area contributed by atoms with E-state index < -0.39 is 121 Å². The van der Waals surface area contributed by atoms with Gasteiger partial charge in [-0.2, -0.15) is 13.9 Å². The summed E-state index contributed by atoms with van der Waals surface area (Å²) in [5.74, 6) is -4.11. The van der Waals surface area contributed by atoms with E-state index >= 15 is 8.78 Å². The number of allylic oxidation sites excluding steroid dienone is 2. The van der Waals surface area contributed by atoms with Crippen LogP contribution in [0.2, 0.25) is 5.02 Å². The zero-order valence-corrected chi connectivity index (χ0v) is 36.3. The summed E-state index contributed by atoms with van der Waals surface area (Å²) >= 11 is 6.61. The summed E-state index contributed by atoms with van der Waals surface area (Å²) in [5, 5.41) is 14.4. The van der Waals surface area contributed by atoms with Crippen LogP contribution in [-0.4, -0.2) is 84.8 Å². The number of hydrogen-bond acceptors (Lipinski definition) is 8. The van der Waals surface area contributed by atoms with Crippen LogP contribution >= 0.6 is 11.6 Å². The monoisotopic (exact) mass is 960 g/mol. The number of carbonyl (C=O) groups excluding carboxylic acids is 1. The molecule has 4 aromatic rings. The molecule has 12 nitrogen and oxygen atoms in total. The van der Waals surface area contributed by atoms with Gasteiger partial charge in [-0.05, 0) is 81.3 Å². The minimum Gasteiger partial charge on any atom is -0.342 e. The fraction of sp³-hybridized carbons (Fsp3) is 0.415. The van der Waals surface area contributed by atoms with Gasteiger partial charge < -0.3 is 10.6 Å². The van der Waals surface area contributed by atoms with Crippen LogP contribution in [0.4, 0.5) is 40.9 Å². The van der Waals surface area contributed by atoms with Gasteiger partial charge in [0, 0.05) is 40.9 Å². The van der Waals surface area contributed by atoms with Crippen molar-refractivity contribution in [3.63, 3.8) is 0 Å². The normalized spacial score (nSPS) is 18.8. The van der Waals surface area contributed by atoms with Gasteiger partial charge in [-0.1, -0.05) is 23.6 Å². The molecule has 3 aliphatic rings. The number of nitrogens with zero attached hydrogens (tertiary/aromatic N) is 3. The van der Waals surface area contributed by atoms with Crippen LogP contribution in [0, 0.1) is 40.7 Å². The minimum absolute atomic E-state index is 0.00514. The van der Waals surface area contributed by atoms with E-state index in [4.69, 9.17) is 17.0 Å². The van der Waals surface area contributed by atoms with Crippen molar-refractivity contribution in [2.24, 2.45) is 11.8 Å². The summed E-state index contributed by atoms with van der Waals surface area (Å²) in [5.41, 5.74) is -3.25. The summed E-state index contributed by atoms with van der Waals surface area (Å²) in [7, 11) is -7.82. The Kier molecular flexibility index (Phi) is 12.5. The highest BCUT2D eigenvalue weighted by Gasteiger charge is 2.68. The van der Waals surface area contributed by atoms with Gasteiger partial charge in [-0.25, -0.2) is 48.2 Å². The summed E-state index contributed by atoms with van der Waals surface area (Å²) < 4.78 is 168. The molecule has 0 radical (unpaired) electrons. The molecule has 2 saturated carbocycles. The van der Waals surface area contributed by atoms with Gasteiger partial charge >= 0.3 is 5.92 Å². The SMILES string of the molecule is CC(C)(C#Cc1ccc(-c2ccc(Cl)c3c(NS(=O)(=O)C4CC4)nn(CC(F)F)c23)c(C(Cc2cc(F)cc(F)c2)NC(=O)C[NH2+]C2=C(C(=N)C(F)F)C3CC3C2(F)F)n1)S(C)(=O)=O. The quantitative estimate of drug-likeness (QED) is 0.0590. The van der Waals surface area contributed by atoms with E-state index in [1.165, 1.54) is 38.1 Å². The van der Waals surface area contributed by atoms with Crippen LogP contribution in [0.15, 0.2) is 53.7 Å². The number of amides is 1. The lowest BCUT2D eigenvalue weighted by Gasteiger charge is -2.23. The first kappa shape index (κ1) is 46.9. The summed E-state index contributed by atoms with van der Waals surface area (Å²) in [6.07, 6.45) is -5.38. The topological polar surface area (TPSA) is 181 Å². The van der Waals surface area contributed by atoms with Crippen molar-refractivity contribution in [1.29, 1.82) is 5.41 Å². The maximum atomic E-state index is 15.4. The van der Waals surface area contributed by atoms with Gasteiger partial charge in [0.2, 0.25) is 10.0 Å². The van der Waals surface area contributed by atoms with E-state index in [9.17, 15) is 48.0 Å². The number of sulfonamides is 1. The predicted molar refractivity (Wildman–Crippen MR) is 220 cm³/mol. The number of alkyl halides is 6. The average molecular weight is 961 g/mol. The van der Waals surface area contributed by atoms with Crippen LogP contribution in [-0.2, 0) is 37.6 Å². The molecule has 23 heteroatoms. The van der Waals surface area contributed by atoms with Crippen molar-refractivity contribution in [3.8, 4) is 23.0 Å². The molecular weight excluding hydrogens is 922 g/mol. The first-order valence-corrected chi connectivity index (χ1v) is 23.4. The van der Waals surface area contributed by atoms with Crippen LogP contribution in [0.3, 0.4) is 0 Å². The number of benzene rings is 2. The molecule has 64 heavy (non-hydrogen) atoms. The highest BCUT2D eigenvalue weighted by Crippen LogP contribution is 2.61. The zero-order chi connectivity index (χ0) is 46.8. The summed E-state index contributed by atoms with van der Waals surface area (Å²) in [6.45, 7) is 0.709. The number of pyridine rings is 1. The van der Waals surface area contributed by atoms with Crippen molar-refractivity contribution in [2.45, 2.75) is 80.9 Å². The van der Waals surface area contributed by atoms with E-state index in [2.05, 4.69) is 32.0 Å². The third-order valence-electron chi connectivity index (χ3n) is 11.3. The lowest BCUT2D eigenvalue weighted by atomic mass is 9.93. The van der Waals surface area contributed by atoms with Crippen LogP contribution in [0.25, 0.3) is 22.0 Å². The predicted octanol–water partition coefficient (Wildman–Crippen LogP) is 6.16. The molecule has 3 unspecified atom stereocenters. The molecule has 7 rings (SSSR count). The average Bonchev–Trinajstić information content (AvgIpc) is 4.11. The molecule has 2 fully saturated rings. The Balaban J connectivity index is 1.40. The number of halogens is 9. The molecule has 0 spiro atoms. The molecule has 0 aliphatic heterocycles. The first-order valence-electron chi connectivity index (χ1n) is 19.6. The van der Waals surface area contributed by atoms with Crippen molar-refractivity contribution >= 4 is 59.8 Å². The molecule has 0 bridgehead atoms. The van der Waals surface area contributed by atoms with Crippen molar-refractivity contribution < 1.29 is 62.1 Å². The Hall–Kier alpha value is -5.11. The molecule has 1 amide bonds. The van der Waals surface area contributed by atoms with E-state index in [1.807, 2.05) is 0 Å². The second-order valence-corrected chi connectivity index (χ2v) is 21.3. The smallest absolute Gasteiger partial charge is 0.323 e. The molecule has 2 aromatic carbocycles. The van der Waals surface area contributed by atoms with Gasteiger partial charge in [0.1, 0.15) is 34.3 Å². The fourth-order valence-corrected chi connectivity index (χ4v) is 9.42. The number of anilines is 1. The number of quaternary nitrogens is 1. The Morgan fingerprint density at radius 2 is 1.70 bits per heavy atom. The molecule has 5 N–H and O–H groups in total. The number of sulfone groups is 1. The lowest BCUT2D eigenvalue weighted by Crippen LogP contribution is -2.87. The highest BCUT2D eigenvalue weighted by molar-refractivity contribution is 7.93. The highest BCUT2D eigenvalue weighted by atomic mass is 35.5. The van der Waals surface area contributed by atoms with Gasteiger partial charge in [0.25, 0.3) is 18.8 Å². The van der Waals surface area contributed by atoms with E-state index in [0.717, 1.165) is 28.4 Å². The molecule has 2 heterocycles. The van der Waals surface area contributed by atoms with E-state index in [1.54, 1.807) is 0 Å². The molecular formula is C41H39ClF8N7O5S2+. The molecule has 0 saturated heterocycles. The van der Waals surface area contributed by atoms with Gasteiger partial charge in [-0.15, -0.1) is 0 Å². The zero-order valence-electron chi connectivity index (χ0n) is 33.9. The molecule has 3 aliphatic carbocycles. The lowest BCUT2D eigenvalue weighted by molar-refractivity contribution is -0.609. The number of hydrogen-bond donors (Lipinski definition) is 4. The van der Waals surface area contributed by atoms with Crippen molar-refractivity contribution in [2.75, 3.05) is 17.5 Å². The Morgan fingerprint density at radius 3 is 2.31 bits per heavy atom. The first-order chi connectivity index (χ1) is 29.8. The number of fused-ring (bicyclic) bond motifs is 2. The number of rotatable bonds is 16. The van der Waals surface area contributed by atoms with Crippen molar-refractivity contribution in [1.82, 2.24) is 20.1 Å². The minimum atomic E-state index is -4.04. The van der Waals surface area contributed by atoms with Gasteiger partial charge in [0.05, 0.1) is 32.9 Å². The van der Waals surface area contributed by atoms with Crippen LogP contribution < -0.4 is 15.4 Å². The fourth-order valence-electron chi connectivity index (χ4n) is 7.60. The van der Waals surface area contributed by atoms with Gasteiger partial charge in [-0.3, -0.25) is 19.6 Å². The van der Waals surface area contributed by atoms with Crippen molar-refractivity contribution in [3.05, 3.63) is 87.3 Å². The van der Waals surface area contributed by atoms with Gasteiger partial charge in [0.15, 0.2) is 27.9 Å². The standard InChI is InChI=1S/C41H38ClF8N7O5S2/c1-40(2,63(3,59)60)11-10-22-4-7-24(25-8-9-28(42)33-36(25)57(18-30(45)46)55-39(33)56-64(61,62)23-5-6-23)35(53-22)29(14-19-12-20(43)15-21(44)13-19)54-31(58)17-52-37-32(34(51)38(47)48)26-16-27(26)41(37,49)50/h4,7-9,12-13,15,23,26-27,29-30,38,51-52H,5-6,14,16-18H2,1-3H3,(H,54,58)(H,55,56)/p+1. The van der Waals surface area contributed by atoms with E-state index in [0.29, 0.717) is 18.9 Å². The molecule has 2 aromatic heterocycles. The largest absolute Gasteiger partial charge is 0.342 e. The number of nitrogens with one attached hydrogen (secondary N) is 3. The maximum Gasteiger partial charge on any atom is 0.323 e. The second-order valence-electron chi connectivity index (χ2n) is 16.4. The third kappa shape index (κ3) is 9.48.